The van der Waals surface area contributed by atoms with Crippen LogP contribution < -0.4 is 5.32 Å². The summed E-state index contributed by atoms with van der Waals surface area (Å²) in [5.41, 5.74) is 1.22. The quantitative estimate of drug-likeness (QED) is 0.857. The first kappa shape index (κ1) is 12.3. The zero-order valence-electron chi connectivity index (χ0n) is 10.3. The molecule has 2 aromatic heterocycles. The topological polar surface area (TPSA) is 42.7 Å². The van der Waals surface area contributed by atoms with Gasteiger partial charge in [0.15, 0.2) is 0 Å². The second-order valence-corrected chi connectivity index (χ2v) is 5.01. The van der Waals surface area contributed by atoms with E-state index in [0.717, 1.165) is 24.5 Å². The molecule has 0 saturated heterocycles. The molecule has 2 aromatic rings. The van der Waals surface area contributed by atoms with Crippen LogP contribution in [0.2, 0.25) is 0 Å². The van der Waals surface area contributed by atoms with Gasteiger partial charge in [0.05, 0.1) is 12.2 Å². The highest BCUT2D eigenvalue weighted by molar-refractivity contribution is 7.09. The van der Waals surface area contributed by atoms with Gasteiger partial charge in [-0.15, -0.1) is 11.3 Å². The summed E-state index contributed by atoms with van der Waals surface area (Å²) in [6, 6.07) is 0.296. The van der Waals surface area contributed by atoms with Crippen molar-refractivity contribution in [3.8, 4) is 0 Å². The Labute approximate surface area is 106 Å². The fourth-order valence-electron chi connectivity index (χ4n) is 1.66. The molecule has 1 N–H and O–H groups in total. The molecule has 5 heteroatoms. The number of aromatic nitrogens is 3. The van der Waals surface area contributed by atoms with Gasteiger partial charge in [-0.2, -0.15) is 5.10 Å². The SMILES string of the molecule is CCCn1cc(CNC(C)c2nccs2)cn1. The minimum Gasteiger partial charge on any atom is -0.304 e. The summed E-state index contributed by atoms with van der Waals surface area (Å²) in [6.45, 7) is 6.12. The van der Waals surface area contributed by atoms with E-state index in [0.29, 0.717) is 6.04 Å². The van der Waals surface area contributed by atoms with E-state index in [1.54, 1.807) is 11.3 Å². The van der Waals surface area contributed by atoms with Gasteiger partial charge >= 0.3 is 0 Å². The van der Waals surface area contributed by atoms with Gasteiger partial charge in [0.25, 0.3) is 0 Å². The maximum absolute atomic E-state index is 4.31. The van der Waals surface area contributed by atoms with Gasteiger partial charge in [-0.05, 0) is 13.3 Å². The molecule has 0 aromatic carbocycles. The fraction of sp³-hybridized carbons (Fsp3) is 0.500. The highest BCUT2D eigenvalue weighted by Crippen LogP contribution is 2.15. The first-order valence-electron chi connectivity index (χ1n) is 5.93. The molecule has 0 aliphatic heterocycles. The number of hydrogen-bond acceptors (Lipinski definition) is 4. The molecule has 4 nitrogen and oxygen atoms in total. The number of nitrogens with one attached hydrogen (secondary N) is 1. The average Bonchev–Trinajstić information content (AvgIpc) is 2.97. The average molecular weight is 250 g/mol. The van der Waals surface area contributed by atoms with E-state index in [2.05, 4.69) is 35.4 Å². The molecule has 2 rings (SSSR count). The molecule has 17 heavy (non-hydrogen) atoms. The van der Waals surface area contributed by atoms with Gasteiger partial charge in [0.1, 0.15) is 5.01 Å². The summed E-state index contributed by atoms with van der Waals surface area (Å²) < 4.78 is 1.99. The molecule has 1 unspecified atom stereocenters. The second-order valence-electron chi connectivity index (χ2n) is 4.08. The second kappa shape index (κ2) is 5.93. The van der Waals surface area contributed by atoms with Crippen LogP contribution in [0.4, 0.5) is 0 Å². The maximum Gasteiger partial charge on any atom is 0.109 e. The largest absolute Gasteiger partial charge is 0.304 e. The van der Waals surface area contributed by atoms with Crippen molar-refractivity contribution in [1.82, 2.24) is 20.1 Å². The van der Waals surface area contributed by atoms with Crippen LogP contribution in [0, 0.1) is 0 Å². The normalized spacial score (nSPS) is 12.8. The molecule has 0 bridgehead atoms. The number of rotatable bonds is 6. The van der Waals surface area contributed by atoms with Gasteiger partial charge < -0.3 is 5.32 Å². The molecule has 0 radical (unpaired) electrons. The van der Waals surface area contributed by atoms with Crippen LogP contribution >= 0.6 is 11.3 Å². The van der Waals surface area contributed by atoms with Gasteiger partial charge in [-0.25, -0.2) is 4.98 Å². The molecular weight excluding hydrogens is 232 g/mol. The molecule has 0 spiro atoms. The third kappa shape index (κ3) is 3.38. The summed E-state index contributed by atoms with van der Waals surface area (Å²) in [5, 5.41) is 10.9. The zero-order chi connectivity index (χ0) is 12.1. The van der Waals surface area contributed by atoms with Gasteiger partial charge in [-0.3, -0.25) is 4.68 Å². The van der Waals surface area contributed by atoms with Crippen molar-refractivity contribution in [3.63, 3.8) is 0 Å². The predicted molar refractivity (Wildman–Crippen MR) is 69.9 cm³/mol. The Kier molecular flexibility index (Phi) is 4.28. The van der Waals surface area contributed by atoms with Gasteiger partial charge in [-0.1, -0.05) is 6.92 Å². The molecule has 1 atom stereocenters. The molecule has 2 heterocycles. The molecule has 0 amide bonds. The Morgan fingerprint density at radius 2 is 2.41 bits per heavy atom. The fourth-order valence-corrected chi connectivity index (χ4v) is 2.33. The van der Waals surface area contributed by atoms with Crippen LogP contribution in [0.3, 0.4) is 0 Å². The minimum absolute atomic E-state index is 0.296. The first-order valence-corrected chi connectivity index (χ1v) is 6.81. The van der Waals surface area contributed by atoms with E-state index in [1.165, 1.54) is 5.56 Å². The van der Waals surface area contributed by atoms with Crippen molar-refractivity contribution in [2.75, 3.05) is 0 Å². The molecule has 92 valence electrons. The van der Waals surface area contributed by atoms with E-state index in [9.17, 15) is 0 Å². The third-order valence-corrected chi connectivity index (χ3v) is 3.53. The lowest BCUT2D eigenvalue weighted by molar-refractivity contribution is 0.569. The Bertz CT molecular complexity index is 435. The van der Waals surface area contributed by atoms with Crippen LogP contribution in [-0.2, 0) is 13.1 Å². The number of nitrogens with zero attached hydrogens (tertiary/aromatic N) is 3. The highest BCUT2D eigenvalue weighted by atomic mass is 32.1. The lowest BCUT2D eigenvalue weighted by Gasteiger charge is -2.09. The monoisotopic (exact) mass is 250 g/mol. The van der Waals surface area contributed by atoms with Crippen molar-refractivity contribution < 1.29 is 0 Å². The van der Waals surface area contributed by atoms with Crippen LogP contribution in [-0.4, -0.2) is 14.8 Å². The molecule has 0 saturated carbocycles. The number of aryl methyl sites for hydroxylation is 1. The summed E-state index contributed by atoms with van der Waals surface area (Å²) in [6.07, 6.45) is 6.99. The summed E-state index contributed by atoms with van der Waals surface area (Å²) >= 11 is 1.69. The number of thiazole rings is 1. The zero-order valence-corrected chi connectivity index (χ0v) is 11.1. The summed E-state index contributed by atoms with van der Waals surface area (Å²) in [7, 11) is 0. The van der Waals surface area contributed by atoms with Gasteiger partial charge in [0.2, 0.25) is 0 Å². The van der Waals surface area contributed by atoms with Crippen LogP contribution in [0.1, 0.15) is 36.9 Å². The van der Waals surface area contributed by atoms with E-state index >= 15 is 0 Å². The predicted octanol–water partition coefficient (Wildman–Crippen LogP) is 2.60. The van der Waals surface area contributed by atoms with Crippen LogP contribution in [0.5, 0.6) is 0 Å². The Balaban J connectivity index is 1.84. The van der Waals surface area contributed by atoms with Crippen molar-refractivity contribution >= 4 is 11.3 Å². The Morgan fingerprint density at radius 1 is 1.53 bits per heavy atom. The Morgan fingerprint density at radius 3 is 3.12 bits per heavy atom. The molecule has 0 aliphatic rings. The number of hydrogen-bond donors (Lipinski definition) is 1. The van der Waals surface area contributed by atoms with Crippen molar-refractivity contribution in [1.29, 1.82) is 0 Å². The van der Waals surface area contributed by atoms with Gasteiger partial charge in [0, 0.05) is 36.4 Å². The summed E-state index contributed by atoms with van der Waals surface area (Å²) in [4.78, 5) is 4.30. The minimum atomic E-state index is 0.296. The highest BCUT2D eigenvalue weighted by Gasteiger charge is 2.07. The van der Waals surface area contributed by atoms with Crippen molar-refractivity contribution in [2.24, 2.45) is 0 Å². The Hall–Kier alpha value is -1.20. The molecule has 0 aliphatic carbocycles. The van der Waals surface area contributed by atoms with Crippen molar-refractivity contribution in [3.05, 3.63) is 34.5 Å². The maximum atomic E-state index is 4.31. The van der Waals surface area contributed by atoms with Crippen LogP contribution in [0.25, 0.3) is 0 Å². The lowest BCUT2D eigenvalue weighted by Crippen LogP contribution is -2.17. The third-order valence-electron chi connectivity index (χ3n) is 2.57. The first-order chi connectivity index (χ1) is 8.29. The van der Waals surface area contributed by atoms with E-state index in [4.69, 9.17) is 0 Å². The van der Waals surface area contributed by atoms with E-state index in [1.807, 2.05) is 22.5 Å². The van der Waals surface area contributed by atoms with Crippen molar-refractivity contribution in [2.45, 2.75) is 39.4 Å². The lowest BCUT2D eigenvalue weighted by atomic mass is 10.3. The van der Waals surface area contributed by atoms with E-state index < -0.39 is 0 Å². The molecular formula is C12H18N4S. The molecule has 0 fully saturated rings. The van der Waals surface area contributed by atoms with Crippen LogP contribution in [0.15, 0.2) is 24.0 Å². The standard InChI is InChI=1S/C12H18N4S/c1-3-5-16-9-11(8-15-16)7-14-10(2)12-13-4-6-17-12/h4,6,8-10,14H,3,5,7H2,1-2H3. The summed E-state index contributed by atoms with van der Waals surface area (Å²) in [5.74, 6) is 0. The van der Waals surface area contributed by atoms with E-state index in [-0.39, 0.29) is 0 Å². The smallest absolute Gasteiger partial charge is 0.109 e.